The molecule has 0 aromatic heterocycles. The molecule has 1 unspecified atom stereocenters. The Bertz CT molecular complexity index is 514. The highest BCUT2D eigenvalue weighted by molar-refractivity contribution is 5.74. The number of allylic oxidation sites excluding steroid dienone is 3. The van der Waals surface area contributed by atoms with Crippen LogP contribution in [-0.4, -0.2) is 12.6 Å². The molecular weight excluding hydrogens is 260 g/mol. The Hall–Kier alpha value is -1.83. The number of carbonyl (C=O) groups excluding carboxylic acids is 1. The molecule has 112 valence electrons. The fourth-order valence-electron chi connectivity index (χ4n) is 3.18. The molecule has 1 aromatic rings. The highest BCUT2D eigenvalue weighted by atomic mass is 16.5. The van der Waals surface area contributed by atoms with Crippen molar-refractivity contribution in [1.82, 2.24) is 0 Å². The third-order valence-electron chi connectivity index (χ3n) is 4.07. The topological polar surface area (TPSA) is 26.3 Å². The highest BCUT2D eigenvalue weighted by Crippen LogP contribution is 2.40. The van der Waals surface area contributed by atoms with Crippen LogP contribution in [0.1, 0.15) is 44.6 Å². The zero-order valence-electron chi connectivity index (χ0n) is 12.8. The first kappa shape index (κ1) is 15.6. The van der Waals surface area contributed by atoms with E-state index in [0.29, 0.717) is 18.9 Å². The van der Waals surface area contributed by atoms with Crippen LogP contribution in [0, 0.1) is 5.92 Å². The van der Waals surface area contributed by atoms with Crippen molar-refractivity contribution >= 4 is 11.5 Å². The van der Waals surface area contributed by atoms with Crippen molar-refractivity contribution in [2.75, 3.05) is 6.61 Å². The number of esters is 1. The minimum atomic E-state index is -0.0760. The largest absolute Gasteiger partial charge is 0.466 e. The van der Waals surface area contributed by atoms with Gasteiger partial charge in [0.15, 0.2) is 0 Å². The van der Waals surface area contributed by atoms with Crippen LogP contribution in [-0.2, 0) is 9.53 Å². The Labute approximate surface area is 127 Å². The average Bonchev–Trinajstić information content (AvgIpc) is 2.93. The Balaban J connectivity index is 2.27. The molecule has 0 radical (unpaired) electrons. The first-order valence-corrected chi connectivity index (χ1v) is 7.80. The lowest BCUT2D eigenvalue weighted by Gasteiger charge is -2.17. The van der Waals surface area contributed by atoms with Crippen LogP contribution >= 0.6 is 0 Å². The number of benzene rings is 1. The van der Waals surface area contributed by atoms with Gasteiger partial charge in [-0.2, -0.15) is 0 Å². The molecule has 2 heteroatoms. The van der Waals surface area contributed by atoms with E-state index in [4.69, 9.17) is 4.74 Å². The summed E-state index contributed by atoms with van der Waals surface area (Å²) >= 11 is 0. The molecule has 21 heavy (non-hydrogen) atoms. The van der Waals surface area contributed by atoms with Gasteiger partial charge in [0.2, 0.25) is 0 Å². The maximum Gasteiger partial charge on any atom is 0.306 e. The summed E-state index contributed by atoms with van der Waals surface area (Å²) in [5.74, 6) is 0.257. The summed E-state index contributed by atoms with van der Waals surface area (Å²) < 4.78 is 5.12. The Morgan fingerprint density at radius 2 is 2.14 bits per heavy atom. The van der Waals surface area contributed by atoms with Gasteiger partial charge in [0.05, 0.1) is 13.0 Å². The van der Waals surface area contributed by atoms with Crippen molar-refractivity contribution in [3.8, 4) is 0 Å². The van der Waals surface area contributed by atoms with Gasteiger partial charge in [-0.05, 0) is 49.7 Å². The van der Waals surface area contributed by atoms with Crippen molar-refractivity contribution in [1.29, 1.82) is 0 Å². The van der Waals surface area contributed by atoms with Crippen molar-refractivity contribution in [3.05, 3.63) is 54.1 Å². The van der Waals surface area contributed by atoms with Crippen molar-refractivity contribution < 1.29 is 9.53 Å². The van der Waals surface area contributed by atoms with Gasteiger partial charge in [-0.15, -0.1) is 6.58 Å². The molecule has 0 saturated heterocycles. The summed E-state index contributed by atoms with van der Waals surface area (Å²) in [6.07, 6.45) is 6.65. The Kier molecular flexibility index (Phi) is 5.79. The lowest BCUT2D eigenvalue weighted by molar-refractivity contribution is -0.143. The second-order valence-corrected chi connectivity index (χ2v) is 5.46. The Morgan fingerprint density at radius 3 is 2.81 bits per heavy atom. The molecule has 0 spiro atoms. The van der Waals surface area contributed by atoms with E-state index >= 15 is 0 Å². The maximum atomic E-state index is 11.8. The molecule has 1 saturated carbocycles. The molecule has 1 aliphatic rings. The molecule has 0 bridgehead atoms. The molecule has 1 fully saturated rings. The van der Waals surface area contributed by atoms with Gasteiger partial charge >= 0.3 is 5.97 Å². The first-order chi connectivity index (χ1) is 10.3. The van der Waals surface area contributed by atoms with E-state index in [1.807, 2.05) is 19.1 Å². The number of hydrogen-bond acceptors (Lipinski definition) is 2. The van der Waals surface area contributed by atoms with Crippen LogP contribution in [0.15, 0.2) is 48.6 Å². The van der Waals surface area contributed by atoms with E-state index in [-0.39, 0.29) is 5.97 Å². The molecule has 1 aliphatic carbocycles. The van der Waals surface area contributed by atoms with Gasteiger partial charge < -0.3 is 4.74 Å². The fraction of sp³-hybridized carbons (Fsp3) is 0.421. The van der Waals surface area contributed by atoms with Gasteiger partial charge in [-0.25, -0.2) is 0 Å². The number of carbonyl (C=O) groups is 1. The van der Waals surface area contributed by atoms with E-state index < -0.39 is 0 Å². The standard InChI is InChI=1S/C19H24O2/c1-3-9-17(15-10-6-5-7-11-15)18-13-8-12-16(18)14-19(20)21-4-2/h3,5-7,10-11,16H,1,4,8-9,12-14H2,2H3/b18-17+. The maximum absolute atomic E-state index is 11.8. The van der Waals surface area contributed by atoms with Crippen molar-refractivity contribution in [3.63, 3.8) is 0 Å². The number of ether oxygens (including phenoxy) is 1. The summed E-state index contributed by atoms with van der Waals surface area (Å²) in [7, 11) is 0. The third-order valence-corrected chi connectivity index (χ3v) is 4.07. The molecule has 0 amide bonds. The molecule has 1 atom stereocenters. The van der Waals surface area contributed by atoms with E-state index in [0.717, 1.165) is 25.7 Å². The van der Waals surface area contributed by atoms with Gasteiger partial charge in [-0.3, -0.25) is 4.79 Å². The molecular formula is C19H24O2. The van der Waals surface area contributed by atoms with Crippen LogP contribution in [0.5, 0.6) is 0 Å². The zero-order chi connectivity index (χ0) is 15.1. The van der Waals surface area contributed by atoms with Crippen molar-refractivity contribution in [2.24, 2.45) is 5.92 Å². The quantitative estimate of drug-likeness (QED) is 0.555. The van der Waals surface area contributed by atoms with Gasteiger partial charge in [-0.1, -0.05) is 42.0 Å². The predicted molar refractivity (Wildman–Crippen MR) is 86.8 cm³/mol. The summed E-state index contributed by atoms with van der Waals surface area (Å²) in [5, 5.41) is 0. The van der Waals surface area contributed by atoms with E-state index in [9.17, 15) is 4.79 Å². The minimum absolute atomic E-state index is 0.0760. The van der Waals surface area contributed by atoms with Gasteiger partial charge in [0, 0.05) is 0 Å². The third kappa shape index (κ3) is 4.07. The number of rotatable bonds is 6. The van der Waals surface area contributed by atoms with Crippen LogP contribution in [0.2, 0.25) is 0 Å². The molecule has 0 aliphatic heterocycles. The SMILES string of the molecule is C=CC/C(=C1/CCCC1CC(=O)OCC)c1ccccc1. The summed E-state index contributed by atoms with van der Waals surface area (Å²) in [6.45, 7) is 6.21. The minimum Gasteiger partial charge on any atom is -0.466 e. The fourth-order valence-corrected chi connectivity index (χ4v) is 3.18. The molecule has 0 N–H and O–H groups in total. The molecule has 2 rings (SSSR count). The van der Waals surface area contributed by atoms with E-state index in [1.165, 1.54) is 16.7 Å². The Morgan fingerprint density at radius 1 is 1.38 bits per heavy atom. The average molecular weight is 284 g/mol. The van der Waals surface area contributed by atoms with Crippen LogP contribution in [0.3, 0.4) is 0 Å². The normalized spacial score (nSPS) is 20.1. The van der Waals surface area contributed by atoms with E-state index in [2.05, 4.69) is 30.8 Å². The second kappa shape index (κ2) is 7.82. The van der Waals surface area contributed by atoms with Gasteiger partial charge in [0.1, 0.15) is 0 Å². The van der Waals surface area contributed by atoms with Crippen LogP contribution in [0.25, 0.3) is 5.57 Å². The molecule has 1 aromatic carbocycles. The smallest absolute Gasteiger partial charge is 0.306 e. The lowest BCUT2D eigenvalue weighted by Crippen LogP contribution is -2.11. The van der Waals surface area contributed by atoms with Gasteiger partial charge in [0.25, 0.3) is 0 Å². The van der Waals surface area contributed by atoms with E-state index in [1.54, 1.807) is 0 Å². The highest BCUT2D eigenvalue weighted by Gasteiger charge is 2.26. The molecule has 2 nitrogen and oxygen atoms in total. The monoisotopic (exact) mass is 284 g/mol. The number of hydrogen-bond donors (Lipinski definition) is 0. The second-order valence-electron chi connectivity index (χ2n) is 5.46. The van der Waals surface area contributed by atoms with Crippen LogP contribution < -0.4 is 0 Å². The zero-order valence-corrected chi connectivity index (χ0v) is 12.8. The summed E-state index contributed by atoms with van der Waals surface area (Å²) in [6, 6.07) is 10.4. The first-order valence-electron chi connectivity index (χ1n) is 7.80. The summed E-state index contributed by atoms with van der Waals surface area (Å²) in [4.78, 5) is 11.8. The van der Waals surface area contributed by atoms with Crippen molar-refractivity contribution in [2.45, 2.75) is 39.0 Å². The van der Waals surface area contributed by atoms with Crippen LogP contribution in [0.4, 0.5) is 0 Å². The molecule has 0 heterocycles. The lowest BCUT2D eigenvalue weighted by atomic mass is 9.89. The summed E-state index contributed by atoms with van der Waals surface area (Å²) in [5.41, 5.74) is 4.02. The predicted octanol–water partition coefficient (Wildman–Crippen LogP) is 4.77.